The number of ketones is 2. The number of Topliss-reactive ketones (excluding diaryl/α,β-unsaturated/α-hetero) is 1. The second-order valence-electron chi connectivity index (χ2n) is 10.5. The molecular formula is C25H39NO9P2. The van der Waals surface area contributed by atoms with Crippen LogP contribution in [0.1, 0.15) is 39.0 Å². The van der Waals surface area contributed by atoms with Crippen molar-refractivity contribution in [2.45, 2.75) is 50.7 Å². The minimum atomic E-state index is -1.88. The van der Waals surface area contributed by atoms with Crippen LogP contribution < -0.4 is 5.32 Å². The summed E-state index contributed by atoms with van der Waals surface area (Å²) in [5.41, 5.74) is -0.647. The van der Waals surface area contributed by atoms with E-state index in [1.54, 1.807) is 19.2 Å². The van der Waals surface area contributed by atoms with Gasteiger partial charge in [0.25, 0.3) is 0 Å². The summed E-state index contributed by atoms with van der Waals surface area (Å²) in [7, 11) is 1.11. The van der Waals surface area contributed by atoms with E-state index in [-0.39, 0.29) is 42.3 Å². The minimum Gasteiger partial charge on any atom is -0.393 e. The number of likely N-dealkylation sites (N-methyl/N-ethyl adjacent to an activating group) is 1. The summed E-state index contributed by atoms with van der Waals surface area (Å²) in [6.45, 7) is 2.81. The molecule has 3 N–H and O–H groups in total. The molecule has 3 saturated carbocycles. The van der Waals surface area contributed by atoms with E-state index in [2.05, 4.69) is 12.2 Å². The number of hydrogen-bond acceptors (Lipinski definition) is 10. The highest BCUT2D eigenvalue weighted by atomic mass is 31.2. The van der Waals surface area contributed by atoms with E-state index in [0.29, 0.717) is 26.0 Å². The summed E-state index contributed by atoms with van der Waals surface area (Å²) in [6, 6.07) is 0. The molecule has 0 amide bonds. The zero-order valence-corrected chi connectivity index (χ0v) is 23.7. The van der Waals surface area contributed by atoms with Crippen molar-refractivity contribution in [2.24, 2.45) is 29.1 Å². The molecule has 0 aromatic rings. The molecule has 0 aromatic carbocycles. The summed E-state index contributed by atoms with van der Waals surface area (Å²) in [6.07, 6.45) is 7.36. The topological polar surface area (TPSA) is 133 Å². The van der Waals surface area contributed by atoms with Crippen molar-refractivity contribution in [3.05, 3.63) is 23.8 Å². The first-order valence-electron chi connectivity index (χ1n) is 12.8. The highest BCUT2D eigenvalue weighted by Gasteiger charge is 2.64. The van der Waals surface area contributed by atoms with Crippen LogP contribution in [0, 0.1) is 29.1 Å². The van der Waals surface area contributed by atoms with Gasteiger partial charge in [0.15, 0.2) is 11.6 Å². The van der Waals surface area contributed by atoms with Crippen molar-refractivity contribution in [3.8, 4) is 0 Å². The molecule has 9 atom stereocenters. The van der Waals surface area contributed by atoms with E-state index in [4.69, 9.17) is 22.4 Å². The van der Waals surface area contributed by atoms with Gasteiger partial charge < -0.3 is 33.6 Å². The van der Waals surface area contributed by atoms with Crippen molar-refractivity contribution in [2.75, 3.05) is 41.0 Å². The largest absolute Gasteiger partial charge is 0.393 e. The summed E-state index contributed by atoms with van der Waals surface area (Å²) in [5.74, 6) is -1.01. The molecule has 9 unspecified atom stereocenters. The number of hydrogen-bond donors (Lipinski definition) is 3. The first-order valence-corrected chi connectivity index (χ1v) is 15.0. The lowest BCUT2D eigenvalue weighted by molar-refractivity contribution is -0.173. The predicted octanol–water partition coefficient (Wildman–Crippen LogP) is 3.19. The number of carbonyl (C=O) groups is 2. The highest BCUT2D eigenvalue weighted by Crippen LogP contribution is 2.63. The molecule has 12 heteroatoms. The monoisotopic (exact) mass is 559 g/mol. The van der Waals surface area contributed by atoms with Gasteiger partial charge in [0.2, 0.25) is 0 Å². The van der Waals surface area contributed by atoms with Gasteiger partial charge in [-0.2, -0.15) is 0 Å². The normalized spacial score (nSPS) is 38.4. The fourth-order valence-electron chi connectivity index (χ4n) is 7.08. The Hall–Kier alpha value is -0.640. The number of fused-ring (bicyclic) bond motifs is 5. The number of rotatable bonds is 12. The Bertz CT molecular complexity index is 917. The van der Waals surface area contributed by atoms with E-state index < -0.39 is 40.2 Å². The van der Waals surface area contributed by atoms with Crippen LogP contribution in [0.15, 0.2) is 23.8 Å². The van der Waals surface area contributed by atoms with E-state index in [0.717, 1.165) is 18.4 Å². The van der Waals surface area contributed by atoms with Gasteiger partial charge in [-0.05, 0) is 56.7 Å². The maximum atomic E-state index is 13.3. The Labute approximate surface area is 221 Å². The Morgan fingerprint density at radius 1 is 1.19 bits per heavy atom. The molecule has 4 aliphatic carbocycles. The Kier molecular flexibility index (Phi) is 9.72. The molecule has 0 radical (unpaired) electrons. The fraction of sp³-hybridized carbons (Fsp3) is 0.760. The van der Waals surface area contributed by atoms with Crippen LogP contribution in [-0.4, -0.2) is 74.5 Å². The summed E-state index contributed by atoms with van der Waals surface area (Å²) < 4.78 is 27.2. The van der Waals surface area contributed by atoms with Gasteiger partial charge in [-0.3, -0.25) is 9.59 Å². The third-order valence-corrected chi connectivity index (χ3v) is 11.1. The summed E-state index contributed by atoms with van der Waals surface area (Å²) >= 11 is 0. The smallest absolute Gasteiger partial charge is 0.340 e. The molecule has 10 nitrogen and oxygen atoms in total. The van der Waals surface area contributed by atoms with E-state index in [9.17, 15) is 19.8 Å². The van der Waals surface area contributed by atoms with Crippen LogP contribution in [-0.2, 0) is 32.0 Å². The molecule has 0 aliphatic heterocycles. The standard InChI is InChI=1S/C25H39NO9P2/c1-24-10-9-17(27)13-16(24)5-6-18-19-7-8-20(25(19,30)14-21(28)23(18)24)22(29)15-34-37(32-4)35-36(31-3)33-12-11-26-2/h9-10,13,18-21,23,26,28,30H,5-8,11-12,14-15H2,1-4H3. The first kappa shape index (κ1) is 29.3. The van der Waals surface area contributed by atoms with E-state index >= 15 is 0 Å². The number of nitrogens with one attached hydrogen (secondary N) is 1. The van der Waals surface area contributed by atoms with Crippen molar-refractivity contribution in [3.63, 3.8) is 0 Å². The quantitative estimate of drug-likeness (QED) is 0.242. The second-order valence-corrected chi connectivity index (χ2v) is 13.3. The van der Waals surface area contributed by atoms with Crippen LogP contribution in [0.4, 0.5) is 0 Å². The van der Waals surface area contributed by atoms with E-state index in [1.807, 2.05) is 6.08 Å². The maximum absolute atomic E-state index is 13.3. The van der Waals surface area contributed by atoms with Gasteiger partial charge >= 0.3 is 17.2 Å². The molecular weight excluding hydrogens is 520 g/mol. The third kappa shape index (κ3) is 5.80. The van der Waals surface area contributed by atoms with Crippen molar-refractivity contribution < 1.29 is 42.2 Å². The SMILES string of the molecule is CNCCOP(OC)OP(OC)OCC(=O)C1CCC2C3CCC4=CC(=O)C=CC4(C)C3C(O)CC12O. The zero-order chi connectivity index (χ0) is 26.8. The zero-order valence-electron chi connectivity index (χ0n) is 21.9. The summed E-state index contributed by atoms with van der Waals surface area (Å²) in [4.78, 5) is 25.3. The number of aliphatic hydroxyl groups is 2. The van der Waals surface area contributed by atoms with Crippen LogP contribution in [0.2, 0.25) is 0 Å². The molecule has 0 heterocycles. The van der Waals surface area contributed by atoms with Gasteiger partial charge in [-0.1, -0.05) is 18.6 Å². The lowest BCUT2D eigenvalue weighted by Crippen LogP contribution is -2.60. The van der Waals surface area contributed by atoms with Crippen molar-refractivity contribution >= 4 is 28.8 Å². The van der Waals surface area contributed by atoms with Gasteiger partial charge in [0.1, 0.15) is 6.61 Å². The molecule has 208 valence electrons. The molecule has 3 fully saturated rings. The average Bonchev–Trinajstić information content (AvgIpc) is 3.22. The molecule has 4 rings (SSSR count). The van der Waals surface area contributed by atoms with Crippen LogP contribution in [0.5, 0.6) is 0 Å². The minimum absolute atomic E-state index is 0.0122. The van der Waals surface area contributed by atoms with Gasteiger partial charge in [-0.15, -0.1) is 0 Å². The fourth-order valence-corrected chi connectivity index (χ4v) is 9.11. The molecule has 0 spiro atoms. The van der Waals surface area contributed by atoms with Crippen LogP contribution in [0.3, 0.4) is 0 Å². The Balaban J connectivity index is 1.40. The second kappa shape index (κ2) is 12.3. The summed E-state index contributed by atoms with van der Waals surface area (Å²) in [5, 5.41) is 26.2. The number of carbonyl (C=O) groups excluding carboxylic acids is 2. The first-order chi connectivity index (χ1) is 17.7. The molecule has 0 saturated heterocycles. The molecule has 37 heavy (non-hydrogen) atoms. The predicted molar refractivity (Wildman–Crippen MR) is 138 cm³/mol. The number of allylic oxidation sites excluding steroid dienone is 4. The van der Waals surface area contributed by atoms with Gasteiger partial charge in [0, 0.05) is 44.4 Å². The molecule has 0 aromatic heterocycles. The molecule has 0 bridgehead atoms. The van der Waals surface area contributed by atoms with Crippen molar-refractivity contribution in [1.82, 2.24) is 5.32 Å². The average molecular weight is 560 g/mol. The highest BCUT2D eigenvalue weighted by molar-refractivity contribution is 7.55. The van der Waals surface area contributed by atoms with E-state index in [1.165, 1.54) is 14.2 Å². The van der Waals surface area contributed by atoms with Crippen LogP contribution in [0.25, 0.3) is 0 Å². The maximum Gasteiger partial charge on any atom is 0.340 e. The number of aliphatic hydroxyl groups excluding tert-OH is 1. The Morgan fingerprint density at radius 2 is 1.92 bits per heavy atom. The Morgan fingerprint density at radius 3 is 2.62 bits per heavy atom. The van der Waals surface area contributed by atoms with Gasteiger partial charge in [0.05, 0.1) is 18.3 Å². The lowest BCUT2D eigenvalue weighted by atomic mass is 9.49. The van der Waals surface area contributed by atoms with Crippen molar-refractivity contribution in [1.29, 1.82) is 0 Å². The van der Waals surface area contributed by atoms with Crippen LogP contribution >= 0.6 is 17.2 Å². The molecule has 4 aliphatic rings. The lowest BCUT2D eigenvalue weighted by Gasteiger charge is -2.57. The van der Waals surface area contributed by atoms with Gasteiger partial charge in [-0.25, -0.2) is 4.31 Å². The third-order valence-electron chi connectivity index (χ3n) is 8.66.